The molecule has 0 aromatic heterocycles. The van der Waals surface area contributed by atoms with Crippen LogP contribution in [-0.2, 0) is 4.79 Å². The Bertz CT molecular complexity index is 989. The predicted molar refractivity (Wildman–Crippen MR) is 94.6 cm³/mol. The summed E-state index contributed by atoms with van der Waals surface area (Å²) >= 11 is 0. The highest BCUT2D eigenvalue weighted by Gasteiger charge is 2.73. The summed E-state index contributed by atoms with van der Waals surface area (Å²) in [5.74, 6) is -2.84. The molecule has 2 aliphatic carbocycles. The van der Waals surface area contributed by atoms with Gasteiger partial charge in [0.15, 0.2) is 11.9 Å². The Hall–Kier alpha value is -2.49. The van der Waals surface area contributed by atoms with Crippen molar-refractivity contribution in [2.75, 3.05) is 0 Å². The molecule has 5 N–H and O–H groups in total. The molecule has 3 aliphatic rings. The molecule has 1 aliphatic heterocycles. The maximum Gasteiger partial charge on any atom is 0.320 e. The van der Waals surface area contributed by atoms with E-state index in [1.807, 2.05) is 12.1 Å². The number of fused-ring (bicyclic) bond motifs is 2. The fraction of sp³-hybridized carbons (Fsp3) is 0.350. The van der Waals surface area contributed by atoms with Gasteiger partial charge in [-0.2, -0.15) is 0 Å². The molecular weight excluding hydrogens is 368 g/mol. The van der Waals surface area contributed by atoms with E-state index in [1.165, 1.54) is 0 Å². The van der Waals surface area contributed by atoms with E-state index in [9.17, 15) is 30.3 Å². The zero-order valence-electron chi connectivity index (χ0n) is 14.5. The second-order valence-electron chi connectivity index (χ2n) is 7.39. The van der Waals surface area contributed by atoms with Gasteiger partial charge in [-0.05, 0) is 23.6 Å². The van der Waals surface area contributed by atoms with Crippen LogP contribution in [0.4, 0.5) is 0 Å². The van der Waals surface area contributed by atoms with Crippen LogP contribution in [0.1, 0.15) is 6.42 Å². The number of carbonyl (C=O) groups excluding carboxylic acids is 1. The number of hydrogen-bond donors (Lipinski definition) is 5. The molecule has 1 spiro atoms. The smallest absolute Gasteiger partial charge is 0.320 e. The zero-order chi connectivity index (χ0) is 19.8. The van der Waals surface area contributed by atoms with Crippen LogP contribution in [0, 0.1) is 0 Å². The normalized spacial score (nSPS) is 35.8. The summed E-state index contributed by atoms with van der Waals surface area (Å²) in [5, 5.41) is 54.4. The van der Waals surface area contributed by atoms with Gasteiger partial charge in [0.2, 0.25) is 5.60 Å². The van der Waals surface area contributed by atoms with Crippen molar-refractivity contribution in [2.24, 2.45) is 0 Å². The molecule has 146 valence electrons. The summed E-state index contributed by atoms with van der Waals surface area (Å²) in [6.07, 6.45) is -6.17. The van der Waals surface area contributed by atoms with Crippen molar-refractivity contribution < 1.29 is 39.8 Å². The van der Waals surface area contributed by atoms with Gasteiger partial charge in [0.1, 0.15) is 23.7 Å². The molecule has 28 heavy (non-hydrogen) atoms. The minimum atomic E-state index is -2.61. The van der Waals surface area contributed by atoms with Gasteiger partial charge in [-0.3, -0.25) is 4.79 Å². The zero-order valence-corrected chi connectivity index (χ0v) is 14.5. The number of aliphatic hydroxyl groups excluding tert-OH is 4. The molecule has 8 heteroatoms. The molecule has 5 atom stereocenters. The van der Waals surface area contributed by atoms with Gasteiger partial charge in [-0.25, -0.2) is 0 Å². The molecule has 1 heterocycles. The molecule has 0 saturated heterocycles. The van der Waals surface area contributed by atoms with Gasteiger partial charge < -0.3 is 35.0 Å². The number of hydrogen-bond acceptors (Lipinski definition) is 8. The quantitative estimate of drug-likeness (QED) is 0.379. The average molecular weight is 386 g/mol. The molecule has 8 nitrogen and oxygen atoms in total. The summed E-state index contributed by atoms with van der Waals surface area (Å²) in [6.45, 7) is 0. The monoisotopic (exact) mass is 386 g/mol. The van der Waals surface area contributed by atoms with E-state index in [1.54, 1.807) is 24.3 Å². The number of rotatable bonds is 0. The highest BCUT2D eigenvalue weighted by atomic mass is 16.7. The van der Waals surface area contributed by atoms with Crippen molar-refractivity contribution in [3.8, 4) is 11.5 Å². The van der Waals surface area contributed by atoms with Gasteiger partial charge in [0, 0.05) is 12.0 Å². The Balaban J connectivity index is 1.77. The lowest BCUT2D eigenvalue weighted by Crippen LogP contribution is -2.79. The second-order valence-corrected chi connectivity index (χ2v) is 7.39. The Labute approximate surface area is 158 Å². The lowest BCUT2D eigenvalue weighted by atomic mass is 9.65. The summed E-state index contributed by atoms with van der Waals surface area (Å²) in [7, 11) is 0. The van der Waals surface area contributed by atoms with Gasteiger partial charge in [0.25, 0.3) is 0 Å². The topological polar surface area (TPSA) is 137 Å². The molecule has 0 unspecified atom stereocenters. The molecular formula is C20H18O8. The third-order valence-corrected chi connectivity index (χ3v) is 5.82. The summed E-state index contributed by atoms with van der Waals surface area (Å²) in [5.41, 5.74) is -2.97. The van der Waals surface area contributed by atoms with Crippen molar-refractivity contribution in [2.45, 2.75) is 42.2 Å². The fourth-order valence-corrected chi connectivity index (χ4v) is 4.42. The minimum Gasteiger partial charge on any atom is -0.446 e. The number of ether oxygens (including phenoxy) is 2. The van der Waals surface area contributed by atoms with Crippen LogP contribution < -0.4 is 9.47 Å². The van der Waals surface area contributed by atoms with Gasteiger partial charge in [-0.15, -0.1) is 0 Å². The largest absolute Gasteiger partial charge is 0.446 e. The van der Waals surface area contributed by atoms with E-state index >= 15 is 0 Å². The predicted octanol–water partition coefficient (Wildman–Crippen LogP) is -0.605. The van der Waals surface area contributed by atoms with E-state index in [0.717, 1.165) is 11.5 Å². The average Bonchev–Trinajstić information content (AvgIpc) is 2.68. The van der Waals surface area contributed by atoms with Crippen LogP contribution in [0.2, 0.25) is 0 Å². The molecule has 0 amide bonds. The Morgan fingerprint density at radius 1 is 0.964 bits per heavy atom. The van der Waals surface area contributed by atoms with Crippen molar-refractivity contribution in [1.82, 2.24) is 0 Å². The van der Waals surface area contributed by atoms with E-state index in [2.05, 4.69) is 0 Å². The van der Waals surface area contributed by atoms with Crippen LogP contribution in [0.25, 0.3) is 10.8 Å². The summed E-state index contributed by atoms with van der Waals surface area (Å²) < 4.78 is 11.8. The fourth-order valence-electron chi connectivity index (χ4n) is 4.42. The number of benzene rings is 2. The van der Waals surface area contributed by atoms with Crippen LogP contribution in [0.15, 0.2) is 48.0 Å². The second kappa shape index (κ2) is 5.53. The first-order valence-electron chi connectivity index (χ1n) is 8.89. The van der Waals surface area contributed by atoms with Gasteiger partial charge in [0.05, 0.1) is 11.5 Å². The van der Waals surface area contributed by atoms with Gasteiger partial charge in [-0.1, -0.05) is 24.3 Å². The maximum absolute atomic E-state index is 12.9. The molecule has 2 aromatic rings. The van der Waals surface area contributed by atoms with E-state index in [4.69, 9.17) is 9.47 Å². The number of ketones is 1. The van der Waals surface area contributed by atoms with Crippen molar-refractivity contribution >= 4 is 16.6 Å². The van der Waals surface area contributed by atoms with Crippen LogP contribution in [0.3, 0.4) is 0 Å². The molecule has 2 aromatic carbocycles. The third-order valence-electron chi connectivity index (χ3n) is 5.82. The highest BCUT2D eigenvalue weighted by Crippen LogP contribution is 2.52. The van der Waals surface area contributed by atoms with Crippen LogP contribution >= 0.6 is 0 Å². The first-order valence-corrected chi connectivity index (χ1v) is 8.89. The first-order chi connectivity index (χ1) is 13.3. The number of carbonyl (C=O) groups is 1. The molecule has 1 fully saturated rings. The summed E-state index contributed by atoms with van der Waals surface area (Å²) in [4.78, 5) is 12.9. The molecule has 5 rings (SSSR count). The number of aliphatic hydroxyl groups is 5. The molecule has 0 bridgehead atoms. The van der Waals surface area contributed by atoms with Crippen LogP contribution in [-0.4, -0.2) is 67.1 Å². The lowest BCUT2D eigenvalue weighted by molar-refractivity contribution is -0.290. The standard InChI is InChI=1S/C20H18O8/c21-11-8-15(23)19(26)10(17(11)24)7-12(22)18(25)20(19)27-13-5-1-3-9-4-2-6-14(28-20)16(9)13/h1-7,11-12,17-18,21-22,24-26H,8H2/t11-,12-,17+,18+,19+/m0/s1. The van der Waals surface area contributed by atoms with Crippen molar-refractivity contribution in [3.63, 3.8) is 0 Å². The molecule has 0 radical (unpaired) electrons. The highest BCUT2D eigenvalue weighted by molar-refractivity contribution is 5.97. The van der Waals surface area contributed by atoms with E-state index in [0.29, 0.717) is 5.39 Å². The van der Waals surface area contributed by atoms with E-state index in [-0.39, 0.29) is 17.1 Å². The first kappa shape index (κ1) is 17.6. The van der Waals surface area contributed by atoms with Crippen molar-refractivity contribution in [3.05, 3.63) is 48.0 Å². The third kappa shape index (κ3) is 1.93. The SMILES string of the molecule is O=C1C[C@H](O)[C@H](O)C2=C[C@H](O)[C@@H](O)C3(Oc4cccc5cccc(c45)O3)[C@]12O. The molecule has 1 saturated carbocycles. The minimum absolute atomic E-state index is 0.244. The summed E-state index contributed by atoms with van der Waals surface area (Å²) in [6, 6.07) is 10.2. The van der Waals surface area contributed by atoms with E-state index < -0.39 is 48.0 Å². The van der Waals surface area contributed by atoms with Crippen LogP contribution in [0.5, 0.6) is 11.5 Å². The Morgan fingerprint density at radius 2 is 1.57 bits per heavy atom. The van der Waals surface area contributed by atoms with Crippen molar-refractivity contribution in [1.29, 1.82) is 0 Å². The lowest BCUT2D eigenvalue weighted by Gasteiger charge is -2.55. The van der Waals surface area contributed by atoms with Gasteiger partial charge >= 0.3 is 5.79 Å². The number of Topliss-reactive ketones (excluding diaryl/α,β-unsaturated/α-hetero) is 1. The maximum atomic E-state index is 12.9. The Kier molecular flexibility index (Phi) is 3.47. The Morgan fingerprint density at radius 3 is 2.18 bits per heavy atom.